The third kappa shape index (κ3) is 2.45. The fourth-order valence-corrected chi connectivity index (χ4v) is 1.03. The number of hydrogen-bond acceptors (Lipinski definition) is 4. The van der Waals surface area contributed by atoms with Crippen LogP contribution in [0.3, 0.4) is 0 Å². The molecule has 0 heterocycles. The van der Waals surface area contributed by atoms with Crippen LogP contribution >= 0.6 is 0 Å². The van der Waals surface area contributed by atoms with Crippen molar-refractivity contribution in [2.45, 2.75) is 6.92 Å². The summed E-state index contributed by atoms with van der Waals surface area (Å²) in [6.07, 6.45) is 0. The lowest BCUT2D eigenvalue weighted by Gasteiger charge is -2.02. The normalized spacial score (nSPS) is 9.14. The van der Waals surface area contributed by atoms with E-state index in [9.17, 15) is 10.1 Å². The maximum Gasteiger partial charge on any atom is 0.273 e. The molecule has 1 aromatic carbocycles. The Morgan fingerprint density at radius 3 is 2.86 bits per heavy atom. The monoisotopic (exact) mass is 192 g/mol. The van der Waals surface area contributed by atoms with Crippen LogP contribution in [0.2, 0.25) is 0 Å². The zero-order chi connectivity index (χ0) is 10.6. The highest BCUT2D eigenvalue weighted by molar-refractivity contribution is 5.42. The van der Waals surface area contributed by atoms with Gasteiger partial charge in [-0.2, -0.15) is 5.26 Å². The van der Waals surface area contributed by atoms with Gasteiger partial charge >= 0.3 is 0 Å². The molecule has 0 aliphatic rings. The van der Waals surface area contributed by atoms with Crippen molar-refractivity contribution in [2.75, 3.05) is 6.61 Å². The minimum absolute atomic E-state index is 0.0297. The van der Waals surface area contributed by atoms with E-state index in [1.54, 1.807) is 19.1 Å². The van der Waals surface area contributed by atoms with Gasteiger partial charge in [0.15, 0.2) is 6.61 Å². The molecule has 0 aliphatic carbocycles. The van der Waals surface area contributed by atoms with Crippen molar-refractivity contribution in [1.82, 2.24) is 0 Å². The molecule has 0 fully saturated rings. The highest BCUT2D eigenvalue weighted by atomic mass is 16.6. The summed E-state index contributed by atoms with van der Waals surface area (Å²) in [7, 11) is 0. The summed E-state index contributed by atoms with van der Waals surface area (Å²) in [4.78, 5) is 9.97. The topological polar surface area (TPSA) is 76.2 Å². The van der Waals surface area contributed by atoms with Gasteiger partial charge in [-0.3, -0.25) is 10.1 Å². The van der Waals surface area contributed by atoms with Gasteiger partial charge in [0.25, 0.3) is 5.69 Å². The summed E-state index contributed by atoms with van der Waals surface area (Å²) in [5.74, 6) is 0.346. The van der Waals surface area contributed by atoms with Crippen LogP contribution < -0.4 is 4.74 Å². The average Bonchev–Trinajstić information content (AvgIpc) is 2.14. The van der Waals surface area contributed by atoms with Crippen molar-refractivity contribution < 1.29 is 9.66 Å². The fourth-order valence-electron chi connectivity index (χ4n) is 1.03. The summed E-state index contributed by atoms with van der Waals surface area (Å²) in [5, 5.41) is 18.7. The van der Waals surface area contributed by atoms with Gasteiger partial charge in [-0.1, -0.05) is 0 Å². The number of ether oxygens (including phenoxy) is 1. The minimum Gasteiger partial charge on any atom is -0.478 e. The Morgan fingerprint density at radius 1 is 1.57 bits per heavy atom. The molecule has 0 amide bonds. The van der Waals surface area contributed by atoms with E-state index < -0.39 is 4.92 Å². The van der Waals surface area contributed by atoms with E-state index in [1.807, 2.05) is 0 Å². The highest BCUT2D eigenvalue weighted by Gasteiger charge is 2.08. The second-order valence-corrected chi connectivity index (χ2v) is 2.71. The molecule has 0 atom stereocenters. The van der Waals surface area contributed by atoms with E-state index in [2.05, 4.69) is 0 Å². The fraction of sp³-hybridized carbons (Fsp3) is 0.222. The van der Waals surface area contributed by atoms with E-state index in [4.69, 9.17) is 10.00 Å². The first-order valence-electron chi connectivity index (χ1n) is 3.89. The van der Waals surface area contributed by atoms with E-state index in [1.165, 1.54) is 12.1 Å². The molecule has 72 valence electrons. The van der Waals surface area contributed by atoms with Crippen molar-refractivity contribution >= 4 is 5.69 Å². The van der Waals surface area contributed by atoms with E-state index in [0.717, 1.165) is 5.56 Å². The largest absolute Gasteiger partial charge is 0.478 e. The lowest BCUT2D eigenvalue weighted by Crippen LogP contribution is -1.95. The number of non-ortho nitro benzene ring substituents is 1. The predicted octanol–water partition coefficient (Wildman–Crippen LogP) is 1.81. The number of nitro benzene ring substituents is 1. The Morgan fingerprint density at radius 2 is 2.29 bits per heavy atom. The van der Waals surface area contributed by atoms with Gasteiger partial charge < -0.3 is 4.74 Å². The summed E-state index contributed by atoms with van der Waals surface area (Å²) in [6, 6.07) is 6.18. The Balaban J connectivity index is 2.96. The van der Waals surface area contributed by atoms with Crippen LogP contribution in [0.5, 0.6) is 5.75 Å². The molecule has 0 unspecified atom stereocenters. The SMILES string of the molecule is Cc1cc(OCC#N)cc([N+](=O)[O-])c1. The first-order valence-corrected chi connectivity index (χ1v) is 3.89. The summed E-state index contributed by atoms with van der Waals surface area (Å²) in [6.45, 7) is 1.62. The number of nitro groups is 1. The molecule has 0 saturated heterocycles. The van der Waals surface area contributed by atoms with Gasteiger partial charge in [-0.05, 0) is 18.6 Å². The van der Waals surface area contributed by atoms with Crippen LogP contribution in [0.25, 0.3) is 0 Å². The molecule has 0 N–H and O–H groups in total. The standard InChI is InChI=1S/C9H8N2O3/c1-7-4-8(11(12)13)6-9(5-7)14-3-2-10/h4-6H,3H2,1H3. The van der Waals surface area contributed by atoms with Gasteiger partial charge in [0.1, 0.15) is 11.8 Å². The first-order chi connectivity index (χ1) is 6.63. The molecular formula is C9H8N2O3. The molecule has 5 heteroatoms. The smallest absolute Gasteiger partial charge is 0.273 e. The Hall–Kier alpha value is -2.09. The molecule has 5 nitrogen and oxygen atoms in total. The molecule has 1 aromatic rings. The molecular weight excluding hydrogens is 184 g/mol. The van der Waals surface area contributed by atoms with Crippen molar-refractivity contribution in [3.05, 3.63) is 33.9 Å². The van der Waals surface area contributed by atoms with Gasteiger partial charge in [0.05, 0.1) is 11.0 Å². The van der Waals surface area contributed by atoms with Crippen molar-refractivity contribution in [3.63, 3.8) is 0 Å². The van der Waals surface area contributed by atoms with Crippen molar-refractivity contribution in [3.8, 4) is 11.8 Å². The first kappa shape index (κ1) is 9.99. The number of nitriles is 1. The quantitative estimate of drug-likeness (QED) is 0.540. The lowest BCUT2D eigenvalue weighted by molar-refractivity contribution is -0.385. The molecule has 0 saturated carbocycles. The Kier molecular flexibility index (Phi) is 3.02. The number of hydrogen-bond donors (Lipinski definition) is 0. The maximum atomic E-state index is 10.5. The third-order valence-corrected chi connectivity index (χ3v) is 1.55. The molecule has 0 radical (unpaired) electrons. The molecule has 0 spiro atoms. The summed E-state index contributed by atoms with van der Waals surface area (Å²) in [5.41, 5.74) is 0.699. The summed E-state index contributed by atoms with van der Waals surface area (Å²) >= 11 is 0. The zero-order valence-electron chi connectivity index (χ0n) is 7.56. The van der Waals surface area contributed by atoms with Crippen LogP contribution in [-0.4, -0.2) is 11.5 Å². The van der Waals surface area contributed by atoms with Crippen molar-refractivity contribution in [2.24, 2.45) is 0 Å². The van der Waals surface area contributed by atoms with Crippen LogP contribution in [-0.2, 0) is 0 Å². The lowest BCUT2D eigenvalue weighted by atomic mass is 10.2. The van der Waals surface area contributed by atoms with Gasteiger partial charge in [-0.15, -0.1) is 0 Å². The van der Waals surface area contributed by atoms with E-state index in [0.29, 0.717) is 5.75 Å². The van der Waals surface area contributed by atoms with Gasteiger partial charge in [0.2, 0.25) is 0 Å². The predicted molar refractivity (Wildman–Crippen MR) is 48.9 cm³/mol. The van der Waals surface area contributed by atoms with E-state index >= 15 is 0 Å². The van der Waals surface area contributed by atoms with Crippen LogP contribution in [0.4, 0.5) is 5.69 Å². The van der Waals surface area contributed by atoms with Crippen LogP contribution in [0.1, 0.15) is 5.56 Å². The number of aryl methyl sites for hydroxylation is 1. The average molecular weight is 192 g/mol. The van der Waals surface area contributed by atoms with Gasteiger partial charge in [0, 0.05) is 6.07 Å². The number of benzene rings is 1. The Bertz CT molecular complexity index is 396. The van der Waals surface area contributed by atoms with E-state index in [-0.39, 0.29) is 12.3 Å². The van der Waals surface area contributed by atoms with Crippen LogP contribution in [0.15, 0.2) is 18.2 Å². The molecule has 1 rings (SSSR count). The van der Waals surface area contributed by atoms with Crippen molar-refractivity contribution in [1.29, 1.82) is 5.26 Å². The summed E-state index contributed by atoms with van der Waals surface area (Å²) < 4.78 is 4.96. The second-order valence-electron chi connectivity index (χ2n) is 2.71. The molecule has 14 heavy (non-hydrogen) atoms. The number of rotatable bonds is 3. The molecule has 0 bridgehead atoms. The maximum absolute atomic E-state index is 10.5. The minimum atomic E-state index is -0.494. The Labute approximate surface area is 80.7 Å². The zero-order valence-corrected chi connectivity index (χ0v) is 7.56. The molecule has 0 aromatic heterocycles. The highest BCUT2D eigenvalue weighted by Crippen LogP contribution is 2.21. The van der Waals surface area contributed by atoms with Crippen LogP contribution in [0, 0.1) is 28.4 Å². The van der Waals surface area contributed by atoms with Gasteiger partial charge in [-0.25, -0.2) is 0 Å². The molecule has 0 aliphatic heterocycles. The third-order valence-electron chi connectivity index (χ3n) is 1.55. The number of nitrogens with zero attached hydrogens (tertiary/aromatic N) is 2. The second kappa shape index (κ2) is 4.23.